The van der Waals surface area contributed by atoms with Crippen molar-refractivity contribution in [3.63, 3.8) is 0 Å². The third kappa shape index (κ3) is 1.37. The zero-order valence-corrected chi connectivity index (χ0v) is 11.2. The van der Waals surface area contributed by atoms with Gasteiger partial charge in [0.2, 0.25) is 0 Å². The Hall–Kier alpha value is -1.07. The van der Waals surface area contributed by atoms with Gasteiger partial charge in [0.1, 0.15) is 4.75 Å². The van der Waals surface area contributed by atoms with Gasteiger partial charge in [-0.25, -0.2) is 13.4 Å². The minimum absolute atomic E-state index is 0.0261. The summed E-state index contributed by atoms with van der Waals surface area (Å²) >= 11 is 4.60. The molecule has 1 saturated carbocycles. The second-order valence-electron chi connectivity index (χ2n) is 4.67. The lowest BCUT2D eigenvalue weighted by Gasteiger charge is -2.14. The van der Waals surface area contributed by atoms with E-state index in [0.29, 0.717) is 18.0 Å². The first-order valence-corrected chi connectivity index (χ1v) is 7.61. The maximum Gasteiger partial charge on any atom is 0.187 e. The fraction of sp³-hybridized carbons (Fsp3) is 0.417. The summed E-state index contributed by atoms with van der Waals surface area (Å²) in [6.07, 6.45) is 0. The van der Waals surface area contributed by atoms with E-state index in [9.17, 15) is 8.42 Å². The molecule has 2 aliphatic rings. The molecule has 3 atom stereocenters. The quantitative estimate of drug-likeness (QED) is 0.660. The van der Waals surface area contributed by atoms with Gasteiger partial charge in [0.25, 0.3) is 0 Å². The number of piperidine rings is 1. The summed E-state index contributed by atoms with van der Waals surface area (Å²) < 4.78 is 24.6. The van der Waals surface area contributed by atoms with Crippen LogP contribution in [0.5, 0.6) is 0 Å². The first kappa shape index (κ1) is 12.0. The lowest BCUT2D eigenvalue weighted by molar-refractivity contribution is 0.572. The molecule has 18 heavy (non-hydrogen) atoms. The van der Waals surface area contributed by atoms with E-state index in [2.05, 4.69) is 27.7 Å². The van der Waals surface area contributed by atoms with E-state index in [4.69, 9.17) is 0 Å². The number of rotatable bonds is 3. The molecule has 3 rings (SSSR count). The van der Waals surface area contributed by atoms with E-state index in [1.807, 2.05) is 0 Å². The van der Waals surface area contributed by atoms with Crippen LogP contribution in [0.4, 0.5) is 0 Å². The van der Waals surface area contributed by atoms with Crippen LogP contribution < -0.4 is 5.32 Å². The van der Waals surface area contributed by atoms with Gasteiger partial charge in [-0.2, -0.15) is 0 Å². The van der Waals surface area contributed by atoms with Gasteiger partial charge in [0.15, 0.2) is 9.84 Å². The Morgan fingerprint density at radius 1 is 1.39 bits per heavy atom. The van der Waals surface area contributed by atoms with Gasteiger partial charge in [0.05, 0.1) is 16.1 Å². The number of nitrogens with zero attached hydrogens (tertiary/aromatic N) is 1. The first-order valence-electron chi connectivity index (χ1n) is 5.72. The predicted octanol–water partition coefficient (Wildman–Crippen LogP) is 0.904. The molecule has 1 aromatic carbocycles. The van der Waals surface area contributed by atoms with E-state index in [1.165, 1.54) is 0 Å². The Balaban J connectivity index is 2.07. The van der Waals surface area contributed by atoms with Crippen molar-refractivity contribution in [3.8, 4) is 0 Å². The van der Waals surface area contributed by atoms with E-state index < -0.39 is 14.6 Å². The van der Waals surface area contributed by atoms with E-state index >= 15 is 0 Å². The largest absolute Gasteiger partial charge is 0.315 e. The Labute approximate surface area is 111 Å². The van der Waals surface area contributed by atoms with Crippen molar-refractivity contribution in [2.24, 2.45) is 10.9 Å². The summed E-state index contributed by atoms with van der Waals surface area (Å²) in [5, 5.41) is 5.45. The normalized spacial score (nSPS) is 33.6. The van der Waals surface area contributed by atoms with Gasteiger partial charge in [-0.05, 0) is 24.4 Å². The van der Waals surface area contributed by atoms with Crippen LogP contribution in [0.2, 0.25) is 0 Å². The summed E-state index contributed by atoms with van der Waals surface area (Å²) in [6, 6.07) is 8.31. The second-order valence-corrected chi connectivity index (χ2v) is 7.09. The summed E-state index contributed by atoms with van der Waals surface area (Å²) in [4.78, 5) is 4.39. The number of aliphatic imine (C=N–C) groups is 1. The number of nitrogens with one attached hydrogen (secondary N) is 1. The first-order chi connectivity index (χ1) is 8.64. The van der Waals surface area contributed by atoms with Gasteiger partial charge < -0.3 is 5.32 Å². The molecule has 0 radical (unpaired) electrons. The molecule has 4 nitrogen and oxygen atoms in total. The number of hydrogen-bond acceptors (Lipinski definition) is 5. The molecule has 0 bridgehead atoms. The van der Waals surface area contributed by atoms with Crippen molar-refractivity contribution < 1.29 is 8.42 Å². The van der Waals surface area contributed by atoms with Gasteiger partial charge in [-0.3, -0.25) is 0 Å². The average molecular weight is 280 g/mol. The van der Waals surface area contributed by atoms with Crippen molar-refractivity contribution in [3.05, 3.63) is 30.3 Å². The lowest BCUT2D eigenvalue weighted by atomic mass is 10.4. The fourth-order valence-electron chi connectivity index (χ4n) is 2.94. The van der Waals surface area contributed by atoms with Crippen LogP contribution in [0, 0.1) is 5.92 Å². The summed E-state index contributed by atoms with van der Waals surface area (Å²) in [5.41, 5.74) is 0. The van der Waals surface area contributed by atoms with Crippen molar-refractivity contribution in [1.82, 2.24) is 5.32 Å². The zero-order chi connectivity index (χ0) is 12.8. The molecular weight excluding hydrogens is 268 g/mol. The highest BCUT2D eigenvalue weighted by atomic mass is 32.2. The highest BCUT2D eigenvalue weighted by Gasteiger charge is 2.75. The van der Waals surface area contributed by atoms with Crippen LogP contribution in [0.25, 0.3) is 0 Å². The van der Waals surface area contributed by atoms with E-state index in [-0.39, 0.29) is 12.0 Å². The number of benzene rings is 1. The number of hydrogen-bond donors (Lipinski definition) is 1. The molecule has 1 aliphatic carbocycles. The van der Waals surface area contributed by atoms with Gasteiger partial charge in [-0.1, -0.05) is 18.2 Å². The zero-order valence-electron chi connectivity index (χ0n) is 9.54. The van der Waals surface area contributed by atoms with Crippen LogP contribution in [0.1, 0.15) is 0 Å². The molecule has 1 saturated heterocycles. The Kier molecular flexibility index (Phi) is 2.64. The van der Waals surface area contributed by atoms with E-state index in [0.717, 1.165) is 0 Å². The molecule has 0 amide bonds. The smallest absolute Gasteiger partial charge is 0.187 e. The molecule has 0 spiro atoms. The number of thiocarbonyl (C=S) groups is 1. The molecular formula is C12H12N2O2S2. The standard InChI is InChI=1S/C12H12N2O2S2/c15-18(16,9-4-2-1-3-5-9)12-7-13-6-10(12)11(12)14-8-17/h1-5,10-11,13H,6-7H2. The van der Waals surface area contributed by atoms with Gasteiger partial charge in [-0.15, -0.1) is 0 Å². The number of isothiocyanates is 1. The minimum Gasteiger partial charge on any atom is -0.315 e. The maximum atomic E-state index is 12.7. The lowest BCUT2D eigenvalue weighted by Crippen LogP contribution is -2.34. The second kappa shape index (κ2) is 3.96. The van der Waals surface area contributed by atoms with Crippen molar-refractivity contribution in [1.29, 1.82) is 0 Å². The van der Waals surface area contributed by atoms with Crippen molar-refractivity contribution in [2.75, 3.05) is 13.1 Å². The third-order valence-corrected chi connectivity index (χ3v) is 6.60. The molecule has 94 valence electrons. The van der Waals surface area contributed by atoms with E-state index in [1.54, 1.807) is 30.3 Å². The van der Waals surface area contributed by atoms with Crippen LogP contribution in [0.15, 0.2) is 40.2 Å². The Morgan fingerprint density at radius 3 is 2.78 bits per heavy atom. The monoisotopic (exact) mass is 280 g/mol. The Morgan fingerprint density at radius 2 is 2.11 bits per heavy atom. The van der Waals surface area contributed by atoms with Gasteiger partial charge in [0, 0.05) is 19.0 Å². The summed E-state index contributed by atoms with van der Waals surface area (Å²) in [6.45, 7) is 1.12. The molecule has 1 N–H and O–H groups in total. The average Bonchev–Trinajstić information content (AvgIpc) is 2.81. The van der Waals surface area contributed by atoms with Gasteiger partial charge >= 0.3 is 0 Å². The Bertz CT molecular complexity index is 623. The third-order valence-electron chi connectivity index (χ3n) is 3.91. The highest BCUT2D eigenvalue weighted by Crippen LogP contribution is 2.56. The summed E-state index contributed by atoms with van der Waals surface area (Å²) in [5.74, 6) is 0.0261. The molecule has 1 aliphatic heterocycles. The molecule has 1 aromatic rings. The highest BCUT2D eigenvalue weighted by molar-refractivity contribution is 7.93. The molecule has 0 aromatic heterocycles. The van der Waals surface area contributed by atoms with Crippen molar-refractivity contribution in [2.45, 2.75) is 15.7 Å². The molecule has 3 unspecified atom stereocenters. The molecule has 6 heteroatoms. The molecule has 1 heterocycles. The SMILES string of the molecule is O=S(=O)(c1ccccc1)C12CNCC1C2N=C=S. The number of sulfone groups is 1. The van der Waals surface area contributed by atoms with Crippen LogP contribution >= 0.6 is 12.2 Å². The number of fused-ring (bicyclic) bond motifs is 1. The predicted molar refractivity (Wildman–Crippen MR) is 71.5 cm³/mol. The van der Waals surface area contributed by atoms with Crippen LogP contribution in [-0.2, 0) is 9.84 Å². The molecule has 2 fully saturated rings. The van der Waals surface area contributed by atoms with Crippen LogP contribution in [0.3, 0.4) is 0 Å². The summed E-state index contributed by atoms with van der Waals surface area (Å²) in [7, 11) is -3.38. The topological polar surface area (TPSA) is 58.5 Å². The fourth-order valence-corrected chi connectivity index (χ4v) is 5.38. The minimum atomic E-state index is -3.38. The van der Waals surface area contributed by atoms with Crippen LogP contribution in [-0.4, -0.2) is 37.5 Å². The van der Waals surface area contributed by atoms with Crippen molar-refractivity contribution >= 4 is 27.2 Å². The maximum absolute atomic E-state index is 12.7.